The van der Waals surface area contributed by atoms with E-state index in [4.69, 9.17) is 0 Å². The largest absolute Gasteiger partial charge is 0.504 e. The monoisotopic (exact) mass is 551 g/mol. The van der Waals surface area contributed by atoms with Gasteiger partial charge in [0.25, 0.3) is 0 Å². The molecule has 28 heavy (non-hydrogen) atoms. The van der Waals surface area contributed by atoms with E-state index in [2.05, 4.69) is 80.7 Å². The van der Waals surface area contributed by atoms with Crippen molar-refractivity contribution in [2.24, 2.45) is 0 Å². The standard InChI is InChI=1S/C25H30N2.Ir/c1-25(2,3)19-10-12-20(13-11-19)27-16-26(4)23-14-21-17-6-5-7-18(9-8-17)22(21)15-24(23)27;/h10-12,14-18H,5-9H2,1-4H3;/q-2;. The third kappa shape index (κ3) is 3.21. The van der Waals surface area contributed by atoms with Crippen molar-refractivity contribution in [2.45, 2.75) is 70.1 Å². The van der Waals surface area contributed by atoms with Gasteiger partial charge in [-0.3, -0.25) is 0 Å². The zero-order valence-electron chi connectivity index (χ0n) is 17.4. The van der Waals surface area contributed by atoms with Gasteiger partial charge >= 0.3 is 0 Å². The molecule has 0 spiro atoms. The Balaban J connectivity index is 0.00000192. The molecule has 151 valence electrons. The van der Waals surface area contributed by atoms with Crippen LogP contribution >= 0.6 is 0 Å². The molecular formula is C25H30IrN2-2. The minimum atomic E-state index is 0. The van der Waals surface area contributed by atoms with E-state index in [1.54, 1.807) is 11.1 Å². The van der Waals surface area contributed by atoms with Crippen LogP contribution in [0.15, 0.2) is 30.3 Å². The predicted molar refractivity (Wildman–Crippen MR) is 114 cm³/mol. The summed E-state index contributed by atoms with van der Waals surface area (Å²) < 4.78 is 0. The van der Waals surface area contributed by atoms with Crippen molar-refractivity contribution in [3.8, 4) is 0 Å². The molecule has 0 saturated heterocycles. The molecule has 2 nitrogen and oxygen atoms in total. The first-order chi connectivity index (χ1) is 12.9. The Kier molecular flexibility index (Phi) is 5.13. The Morgan fingerprint density at radius 3 is 2.18 bits per heavy atom. The second-order valence-corrected chi connectivity index (χ2v) is 9.68. The van der Waals surface area contributed by atoms with Gasteiger partial charge in [0.2, 0.25) is 0 Å². The van der Waals surface area contributed by atoms with Crippen molar-refractivity contribution >= 4 is 17.1 Å². The van der Waals surface area contributed by atoms with Gasteiger partial charge in [-0.1, -0.05) is 32.6 Å². The van der Waals surface area contributed by atoms with Gasteiger partial charge in [0.05, 0.1) is 0 Å². The van der Waals surface area contributed by atoms with Gasteiger partial charge in [0, 0.05) is 31.5 Å². The molecule has 0 amide bonds. The summed E-state index contributed by atoms with van der Waals surface area (Å²) >= 11 is 0. The van der Waals surface area contributed by atoms with Crippen molar-refractivity contribution in [2.75, 3.05) is 16.8 Å². The number of fused-ring (bicyclic) bond motifs is 4. The minimum absolute atomic E-state index is 0. The molecule has 2 unspecified atom stereocenters. The maximum absolute atomic E-state index is 3.54. The first kappa shape index (κ1) is 20.0. The minimum Gasteiger partial charge on any atom is -0.504 e. The molecule has 3 heteroatoms. The summed E-state index contributed by atoms with van der Waals surface area (Å²) in [4.78, 5) is 4.60. The molecule has 1 radical (unpaired) electrons. The van der Waals surface area contributed by atoms with Gasteiger partial charge in [-0.05, 0) is 67.8 Å². The van der Waals surface area contributed by atoms with Crippen molar-refractivity contribution in [3.63, 3.8) is 0 Å². The average Bonchev–Trinajstić information content (AvgIpc) is 2.82. The fourth-order valence-corrected chi connectivity index (χ4v) is 5.24. The zero-order valence-corrected chi connectivity index (χ0v) is 19.8. The number of hydrogen-bond donors (Lipinski definition) is 0. The first-order valence-corrected chi connectivity index (χ1v) is 10.5. The smallest absolute Gasteiger partial charge is 0.0329 e. The van der Waals surface area contributed by atoms with Crippen LogP contribution in [0.3, 0.4) is 0 Å². The Hall–Kier alpha value is -1.31. The molecule has 1 saturated carbocycles. The van der Waals surface area contributed by atoms with E-state index in [1.807, 2.05) is 0 Å². The molecule has 2 atom stereocenters. The third-order valence-corrected chi connectivity index (χ3v) is 6.88. The van der Waals surface area contributed by atoms with Gasteiger partial charge in [-0.15, -0.1) is 11.8 Å². The quantitative estimate of drug-likeness (QED) is 0.368. The molecule has 2 bridgehead atoms. The summed E-state index contributed by atoms with van der Waals surface area (Å²) in [5.41, 5.74) is 8.55. The van der Waals surface area contributed by atoms with E-state index in [0.29, 0.717) is 0 Å². The van der Waals surface area contributed by atoms with Gasteiger partial charge in [0.15, 0.2) is 0 Å². The summed E-state index contributed by atoms with van der Waals surface area (Å²) in [7, 11) is 2.17. The maximum atomic E-state index is 3.54. The van der Waals surface area contributed by atoms with Crippen LogP contribution in [0.25, 0.3) is 0 Å². The van der Waals surface area contributed by atoms with Crippen molar-refractivity contribution in [1.82, 2.24) is 0 Å². The topological polar surface area (TPSA) is 6.48 Å². The van der Waals surface area contributed by atoms with Gasteiger partial charge in [-0.2, -0.15) is 30.4 Å². The normalized spacial score (nSPS) is 23.1. The SMILES string of the molecule is CN1[CH-]N(c2[c-]cc(C(C)(C)C)cc2)c2cc3c(cc21)C1CCCC3CC1.[Ir]. The maximum Gasteiger partial charge on any atom is 0.0329 e. The molecule has 4 aliphatic rings. The molecule has 0 N–H and O–H groups in total. The number of anilines is 3. The molecule has 2 aromatic rings. The summed E-state index contributed by atoms with van der Waals surface area (Å²) in [6.45, 7) is 8.98. The second kappa shape index (κ2) is 7.18. The molecular weight excluding hydrogens is 521 g/mol. The number of rotatable bonds is 1. The van der Waals surface area contributed by atoms with Crippen molar-refractivity contribution in [1.29, 1.82) is 0 Å². The van der Waals surface area contributed by atoms with Crippen LogP contribution in [0.4, 0.5) is 17.1 Å². The zero-order chi connectivity index (χ0) is 18.8. The van der Waals surface area contributed by atoms with E-state index in [1.165, 1.54) is 49.0 Å². The fourth-order valence-electron chi connectivity index (χ4n) is 5.24. The second-order valence-electron chi connectivity index (χ2n) is 9.68. The molecule has 1 aliphatic heterocycles. The molecule has 1 heterocycles. The molecule has 1 fully saturated rings. The van der Waals surface area contributed by atoms with Crippen LogP contribution in [0.5, 0.6) is 0 Å². The number of hydrogen-bond acceptors (Lipinski definition) is 2. The Labute approximate surface area is 183 Å². The van der Waals surface area contributed by atoms with Crippen LogP contribution in [-0.4, -0.2) is 7.05 Å². The van der Waals surface area contributed by atoms with Gasteiger partial charge in [-0.25, -0.2) is 0 Å². The van der Waals surface area contributed by atoms with E-state index < -0.39 is 0 Å². The Morgan fingerprint density at radius 2 is 1.61 bits per heavy atom. The molecule has 2 aromatic carbocycles. The van der Waals surface area contributed by atoms with E-state index in [-0.39, 0.29) is 25.5 Å². The third-order valence-electron chi connectivity index (χ3n) is 6.88. The van der Waals surface area contributed by atoms with E-state index >= 15 is 0 Å². The fraction of sp³-hybridized carbons (Fsp3) is 0.480. The first-order valence-electron chi connectivity index (χ1n) is 10.5. The summed E-state index contributed by atoms with van der Waals surface area (Å²) in [5.74, 6) is 1.55. The van der Waals surface area contributed by atoms with Gasteiger partial charge < -0.3 is 9.80 Å². The Bertz CT molecular complexity index is 861. The molecule has 0 aromatic heterocycles. The van der Waals surface area contributed by atoms with Crippen LogP contribution in [0, 0.1) is 12.7 Å². The van der Waals surface area contributed by atoms with Crippen LogP contribution in [0.2, 0.25) is 0 Å². The summed E-state index contributed by atoms with van der Waals surface area (Å²) in [6, 6.07) is 15.2. The van der Waals surface area contributed by atoms with Crippen molar-refractivity contribution < 1.29 is 20.1 Å². The van der Waals surface area contributed by atoms with E-state index in [9.17, 15) is 0 Å². The number of nitrogens with zero attached hydrogens (tertiary/aromatic N) is 2. The molecule has 6 rings (SSSR count). The summed E-state index contributed by atoms with van der Waals surface area (Å²) in [6.07, 6.45) is 6.90. The predicted octanol–water partition coefficient (Wildman–Crippen LogP) is 6.63. The Morgan fingerprint density at radius 1 is 0.964 bits per heavy atom. The summed E-state index contributed by atoms with van der Waals surface area (Å²) in [5, 5.41) is 0. The molecule has 3 aliphatic carbocycles. The average molecular weight is 551 g/mol. The van der Waals surface area contributed by atoms with E-state index in [0.717, 1.165) is 17.5 Å². The van der Waals surface area contributed by atoms with Crippen molar-refractivity contribution in [3.05, 3.63) is 59.8 Å². The number of benzene rings is 2. The van der Waals surface area contributed by atoms with Crippen LogP contribution in [0.1, 0.15) is 81.4 Å². The van der Waals surface area contributed by atoms with Crippen LogP contribution < -0.4 is 9.80 Å². The van der Waals surface area contributed by atoms with Gasteiger partial charge in [0.1, 0.15) is 0 Å². The van der Waals surface area contributed by atoms with Crippen LogP contribution in [-0.2, 0) is 25.5 Å².